The molecule has 5 heteroatoms. The summed E-state index contributed by atoms with van der Waals surface area (Å²) in [5.41, 5.74) is 1.07. The molecule has 1 heterocycles. The number of ether oxygens (including phenoxy) is 1. The van der Waals surface area contributed by atoms with Gasteiger partial charge in [-0.15, -0.1) is 0 Å². The second-order valence-corrected chi connectivity index (χ2v) is 5.21. The Morgan fingerprint density at radius 2 is 2.00 bits per heavy atom. The Morgan fingerprint density at radius 3 is 2.71 bits per heavy atom. The molecule has 0 bridgehead atoms. The van der Waals surface area contributed by atoms with Crippen molar-refractivity contribution in [1.82, 2.24) is 10.2 Å². The first kappa shape index (κ1) is 15.4. The van der Waals surface area contributed by atoms with Crippen LogP contribution in [0.25, 0.3) is 0 Å². The predicted molar refractivity (Wildman–Crippen MR) is 80.1 cm³/mol. The third-order valence-electron chi connectivity index (χ3n) is 3.67. The van der Waals surface area contributed by atoms with E-state index in [1.165, 1.54) is 0 Å². The molecule has 1 aromatic carbocycles. The molecule has 0 radical (unpaired) electrons. The maximum Gasteiger partial charge on any atom is 0.311 e. The van der Waals surface area contributed by atoms with Gasteiger partial charge in [0.2, 0.25) is 0 Å². The molecule has 0 aliphatic carbocycles. The largest absolute Gasteiger partial charge is 0.497 e. The normalized spacial score (nSPS) is 14.6. The molecule has 1 aromatic rings. The third-order valence-corrected chi connectivity index (χ3v) is 3.67. The van der Waals surface area contributed by atoms with Crippen molar-refractivity contribution in [2.45, 2.75) is 25.7 Å². The van der Waals surface area contributed by atoms with E-state index in [9.17, 15) is 9.59 Å². The topological polar surface area (TPSA) is 58.6 Å². The molecule has 1 aliphatic rings. The van der Waals surface area contributed by atoms with Crippen LogP contribution in [0.4, 0.5) is 0 Å². The summed E-state index contributed by atoms with van der Waals surface area (Å²) in [6.07, 6.45) is 3.79. The van der Waals surface area contributed by atoms with Crippen molar-refractivity contribution in [3.63, 3.8) is 0 Å². The van der Waals surface area contributed by atoms with E-state index in [0.717, 1.165) is 30.6 Å². The smallest absolute Gasteiger partial charge is 0.311 e. The van der Waals surface area contributed by atoms with Crippen LogP contribution in [0, 0.1) is 0 Å². The molecule has 0 aromatic heterocycles. The fourth-order valence-corrected chi connectivity index (χ4v) is 2.46. The van der Waals surface area contributed by atoms with Gasteiger partial charge < -0.3 is 15.0 Å². The number of nitrogens with one attached hydrogen (secondary N) is 1. The highest BCUT2D eigenvalue weighted by Gasteiger charge is 2.22. The van der Waals surface area contributed by atoms with E-state index in [1.54, 1.807) is 12.0 Å². The predicted octanol–water partition coefficient (Wildman–Crippen LogP) is 1.37. The van der Waals surface area contributed by atoms with Gasteiger partial charge in [-0.05, 0) is 43.4 Å². The van der Waals surface area contributed by atoms with Crippen LogP contribution in [0.5, 0.6) is 5.75 Å². The van der Waals surface area contributed by atoms with Gasteiger partial charge in [0.1, 0.15) is 5.75 Å². The van der Waals surface area contributed by atoms with Gasteiger partial charge in [-0.25, -0.2) is 0 Å². The minimum Gasteiger partial charge on any atom is -0.497 e. The van der Waals surface area contributed by atoms with Crippen molar-refractivity contribution < 1.29 is 14.3 Å². The number of rotatable bonds is 4. The Morgan fingerprint density at radius 1 is 1.24 bits per heavy atom. The van der Waals surface area contributed by atoms with E-state index in [2.05, 4.69) is 5.32 Å². The quantitative estimate of drug-likeness (QED) is 0.852. The molecule has 0 atom stereocenters. The highest BCUT2D eigenvalue weighted by Crippen LogP contribution is 2.12. The standard InChI is InChI=1S/C16H22N2O3/c1-21-14-7-5-6-13(12-14)8-9-17-15(19)16(20)18-10-3-2-4-11-18/h5-7,12H,2-4,8-11H2,1H3,(H,17,19). The number of hydrogen-bond donors (Lipinski definition) is 1. The lowest BCUT2D eigenvalue weighted by molar-refractivity contribution is -0.146. The minimum absolute atomic E-state index is 0.402. The second-order valence-electron chi connectivity index (χ2n) is 5.21. The zero-order chi connectivity index (χ0) is 15.1. The summed E-state index contributed by atoms with van der Waals surface area (Å²) in [6, 6.07) is 7.69. The Bertz CT molecular complexity index is 496. The second kappa shape index (κ2) is 7.67. The summed E-state index contributed by atoms with van der Waals surface area (Å²) in [7, 11) is 1.62. The zero-order valence-electron chi connectivity index (χ0n) is 12.4. The molecule has 0 saturated carbocycles. The number of amides is 2. The van der Waals surface area contributed by atoms with Crippen LogP contribution in [0.15, 0.2) is 24.3 Å². The van der Waals surface area contributed by atoms with E-state index >= 15 is 0 Å². The maximum atomic E-state index is 11.9. The van der Waals surface area contributed by atoms with Gasteiger partial charge in [-0.3, -0.25) is 9.59 Å². The summed E-state index contributed by atoms with van der Waals surface area (Å²) in [4.78, 5) is 25.4. The first-order valence-corrected chi connectivity index (χ1v) is 7.41. The van der Waals surface area contributed by atoms with Crippen molar-refractivity contribution in [2.75, 3.05) is 26.7 Å². The number of carbonyl (C=O) groups excluding carboxylic acids is 2. The van der Waals surface area contributed by atoms with Gasteiger partial charge in [0, 0.05) is 19.6 Å². The number of piperidine rings is 1. The summed E-state index contributed by atoms with van der Waals surface area (Å²) in [5, 5.41) is 2.69. The summed E-state index contributed by atoms with van der Waals surface area (Å²) >= 11 is 0. The molecule has 0 unspecified atom stereocenters. The monoisotopic (exact) mass is 290 g/mol. The van der Waals surface area contributed by atoms with Crippen molar-refractivity contribution in [3.8, 4) is 5.75 Å². The van der Waals surface area contributed by atoms with Gasteiger partial charge in [-0.1, -0.05) is 12.1 Å². The Balaban J connectivity index is 1.76. The Labute approximate surface area is 125 Å². The van der Waals surface area contributed by atoms with E-state index in [4.69, 9.17) is 4.74 Å². The van der Waals surface area contributed by atoms with Gasteiger partial charge in [0.25, 0.3) is 0 Å². The lowest BCUT2D eigenvalue weighted by Crippen LogP contribution is -2.45. The van der Waals surface area contributed by atoms with E-state index < -0.39 is 11.8 Å². The van der Waals surface area contributed by atoms with E-state index in [1.807, 2.05) is 24.3 Å². The molecule has 1 aliphatic heterocycles. The van der Waals surface area contributed by atoms with E-state index in [0.29, 0.717) is 26.1 Å². The first-order valence-electron chi connectivity index (χ1n) is 7.41. The summed E-state index contributed by atoms with van der Waals surface area (Å²) in [5.74, 6) is -0.108. The number of likely N-dealkylation sites (tertiary alicyclic amines) is 1. The Hall–Kier alpha value is -2.04. The average molecular weight is 290 g/mol. The van der Waals surface area contributed by atoms with Crippen molar-refractivity contribution in [2.24, 2.45) is 0 Å². The fourth-order valence-electron chi connectivity index (χ4n) is 2.46. The van der Waals surface area contributed by atoms with Crippen LogP contribution >= 0.6 is 0 Å². The molecule has 1 N–H and O–H groups in total. The zero-order valence-corrected chi connectivity index (χ0v) is 12.4. The molecule has 0 spiro atoms. The van der Waals surface area contributed by atoms with E-state index in [-0.39, 0.29) is 0 Å². The number of methoxy groups -OCH3 is 1. The van der Waals surface area contributed by atoms with Crippen molar-refractivity contribution >= 4 is 11.8 Å². The number of nitrogens with zero attached hydrogens (tertiary/aromatic N) is 1. The molecule has 2 rings (SSSR count). The Kier molecular flexibility index (Phi) is 5.60. The maximum absolute atomic E-state index is 11.9. The summed E-state index contributed by atoms with van der Waals surface area (Å²) in [6.45, 7) is 1.84. The molecule has 1 saturated heterocycles. The third kappa shape index (κ3) is 4.48. The van der Waals surface area contributed by atoms with Gasteiger partial charge >= 0.3 is 11.8 Å². The molecule has 1 fully saturated rings. The molecule has 5 nitrogen and oxygen atoms in total. The minimum atomic E-state index is -0.500. The highest BCUT2D eigenvalue weighted by atomic mass is 16.5. The summed E-state index contributed by atoms with van der Waals surface area (Å²) < 4.78 is 5.15. The van der Waals surface area contributed by atoms with Gasteiger partial charge in [0.05, 0.1) is 7.11 Å². The van der Waals surface area contributed by atoms with Crippen LogP contribution in [-0.4, -0.2) is 43.5 Å². The number of benzene rings is 1. The van der Waals surface area contributed by atoms with Gasteiger partial charge in [0.15, 0.2) is 0 Å². The lowest BCUT2D eigenvalue weighted by Gasteiger charge is -2.25. The first-order chi connectivity index (χ1) is 10.2. The van der Waals surface area contributed by atoms with Gasteiger partial charge in [-0.2, -0.15) is 0 Å². The average Bonchev–Trinajstić information content (AvgIpc) is 2.55. The van der Waals surface area contributed by atoms with Crippen molar-refractivity contribution in [1.29, 1.82) is 0 Å². The highest BCUT2D eigenvalue weighted by molar-refractivity contribution is 6.35. The van der Waals surface area contributed by atoms with Crippen LogP contribution in [0.1, 0.15) is 24.8 Å². The molecule has 21 heavy (non-hydrogen) atoms. The number of carbonyl (C=O) groups is 2. The van der Waals surface area contributed by atoms with Crippen LogP contribution in [-0.2, 0) is 16.0 Å². The number of hydrogen-bond acceptors (Lipinski definition) is 3. The van der Waals surface area contributed by atoms with Crippen molar-refractivity contribution in [3.05, 3.63) is 29.8 Å². The molecule has 114 valence electrons. The van der Waals surface area contributed by atoms with Crippen LogP contribution in [0.2, 0.25) is 0 Å². The molecular weight excluding hydrogens is 268 g/mol. The lowest BCUT2D eigenvalue weighted by atomic mass is 10.1. The SMILES string of the molecule is COc1cccc(CCNC(=O)C(=O)N2CCCCC2)c1. The van der Waals surface area contributed by atoms with Crippen LogP contribution in [0.3, 0.4) is 0 Å². The fraction of sp³-hybridized carbons (Fsp3) is 0.500. The molecular formula is C16H22N2O3. The van der Waals surface area contributed by atoms with Crippen LogP contribution < -0.4 is 10.1 Å². The molecule has 2 amide bonds.